The highest BCUT2D eigenvalue weighted by Crippen LogP contribution is 2.13. The molecule has 0 fully saturated rings. The van der Waals surface area contributed by atoms with Gasteiger partial charge in [-0.1, -0.05) is 6.08 Å². The van der Waals surface area contributed by atoms with Gasteiger partial charge in [0, 0.05) is 11.8 Å². The third kappa shape index (κ3) is 3.27. The van der Waals surface area contributed by atoms with E-state index in [0.717, 1.165) is 6.20 Å². The molecule has 0 bridgehead atoms. The number of halogens is 4. The van der Waals surface area contributed by atoms with Crippen molar-refractivity contribution in [3.8, 4) is 0 Å². The third-order valence-corrected chi connectivity index (χ3v) is 1.30. The number of pyridine rings is 1. The van der Waals surface area contributed by atoms with Crippen LogP contribution >= 0.6 is 0 Å². The lowest BCUT2D eigenvalue weighted by Gasteiger charge is -2.06. The van der Waals surface area contributed by atoms with E-state index in [1.165, 1.54) is 12.3 Å². The number of nitrogens with zero attached hydrogens (tertiary/aromatic N) is 1. The second-order valence-electron chi connectivity index (χ2n) is 2.38. The monoisotopic (exact) mass is 190 g/mol. The molecule has 0 spiro atoms. The predicted octanol–water partition coefficient (Wildman–Crippen LogP) is 2.62. The van der Waals surface area contributed by atoms with Crippen LogP contribution in [0, 0.1) is 5.82 Å². The van der Waals surface area contributed by atoms with Gasteiger partial charge in [0.05, 0.1) is 6.20 Å². The summed E-state index contributed by atoms with van der Waals surface area (Å²) in [6, 6.07) is 1.17. The van der Waals surface area contributed by atoms with Crippen LogP contribution in [0.3, 0.4) is 0 Å². The van der Waals surface area contributed by atoms with Gasteiger partial charge in [-0.15, -0.1) is 5.98 Å². The second-order valence-corrected chi connectivity index (χ2v) is 2.38. The van der Waals surface area contributed by atoms with Crippen molar-refractivity contribution in [1.29, 1.82) is 0 Å². The van der Waals surface area contributed by atoms with Gasteiger partial charge in [-0.05, 0) is 6.07 Å². The zero-order chi connectivity index (χ0) is 9.90. The van der Waals surface area contributed by atoms with E-state index in [9.17, 15) is 17.3 Å². The minimum absolute atomic E-state index is 0.0401. The number of aromatic nitrogens is 1. The quantitative estimate of drug-likeness (QED) is 0.515. The molecule has 1 nitrogen and oxygen atoms in total. The molecule has 0 aliphatic rings. The van der Waals surface area contributed by atoms with Crippen LogP contribution in [0.5, 0.6) is 0 Å². The number of hydrogen-bond donors (Lipinski definition) is 0. The summed E-state index contributed by atoms with van der Waals surface area (Å²) in [4.78, 5) is 3.40. The molecule has 1 rings (SSSR count). The lowest BCUT2D eigenvalue weighted by Crippen LogP contribution is -2.09. The van der Waals surface area contributed by atoms with Crippen LogP contribution in [0.4, 0.5) is 17.3 Å². The predicted molar refractivity (Wildman–Crippen MR) is 42.3 cm³/mol. The molecule has 0 saturated heterocycles. The van der Waals surface area contributed by atoms with Crippen LogP contribution in [0.15, 0.2) is 24.4 Å². The summed E-state index contributed by atoms with van der Waals surface area (Å²) >= 11 is 0. The van der Waals surface area contributed by atoms with Crippen molar-refractivity contribution in [3.05, 3.63) is 35.8 Å². The molecular formula is C7H5BF4N-. The van der Waals surface area contributed by atoms with E-state index in [4.69, 9.17) is 0 Å². The largest absolute Gasteiger partial charge is 0.502 e. The van der Waals surface area contributed by atoms with Crippen LogP contribution < -0.4 is 0 Å². The first-order valence-corrected chi connectivity index (χ1v) is 3.48. The molecule has 0 atom stereocenters. The molecule has 70 valence electrons. The molecule has 0 aromatic carbocycles. The summed E-state index contributed by atoms with van der Waals surface area (Å²) < 4.78 is 47.8. The second kappa shape index (κ2) is 3.59. The summed E-state index contributed by atoms with van der Waals surface area (Å²) in [5.41, 5.74) is -0.116. The lowest BCUT2D eigenvalue weighted by molar-refractivity contribution is 0.499. The molecule has 0 aliphatic heterocycles. The van der Waals surface area contributed by atoms with Crippen molar-refractivity contribution in [3.63, 3.8) is 0 Å². The zero-order valence-electron chi connectivity index (χ0n) is 6.42. The van der Waals surface area contributed by atoms with Gasteiger partial charge < -0.3 is 12.9 Å². The van der Waals surface area contributed by atoms with E-state index in [0.29, 0.717) is 6.08 Å². The maximum atomic E-state index is 12.7. The zero-order valence-corrected chi connectivity index (χ0v) is 6.42. The average Bonchev–Trinajstić information content (AvgIpc) is 2.01. The Morgan fingerprint density at radius 3 is 2.54 bits per heavy atom. The standard InChI is InChI=1S/C7H5BF4N/c9-7-5-13-4-2-6(7)1-3-8(10,11)12/h1-5H/q-1/b3-1+. The van der Waals surface area contributed by atoms with Gasteiger partial charge in [0.1, 0.15) is 5.82 Å². The first-order valence-electron chi connectivity index (χ1n) is 3.48. The Balaban J connectivity index is 2.86. The highest BCUT2D eigenvalue weighted by atomic mass is 19.4. The fourth-order valence-electron chi connectivity index (χ4n) is 0.734. The van der Waals surface area contributed by atoms with E-state index in [2.05, 4.69) is 4.98 Å². The Morgan fingerprint density at radius 1 is 1.31 bits per heavy atom. The first-order chi connectivity index (χ1) is 5.99. The smallest absolute Gasteiger partial charge is 0.445 e. The highest BCUT2D eigenvalue weighted by Gasteiger charge is 2.17. The molecule has 0 unspecified atom stereocenters. The van der Waals surface area contributed by atoms with Gasteiger partial charge >= 0.3 is 6.98 Å². The summed E-state index contributed by atoms with van der Waals surface area (Å²) in [6.07, 6.45) is 2.78. The van der Waals surface area contributed by atoms with E-state index in [1.54, 1.807) is 0 Å². The summed E-state index contributed by atoms with van der Waals surface area (Å²) in [7, 11) is 0. The van der Waals surface area contributed by atoms with Crippen molar-refractivity contribution < 1.29 is 17.3 Å². The summed E-state index contributed by atoms with van der Waals surface area (Å²) in [6.45, 7) is -5.01. The minimum atomic E-state index is -5.01. The van der Waals surface area contributed by atoms with Gasteiger partial charge in [-0.2, -0.15) is 0 Å². The van der Waals surface area contributed by atoms with E-state index in [1.807, 2.05) is 0 Å². The lowest BCUT2D eigenvalue weighted by atomic mass is 9.91. The topological polar surface area (TPSA) is 12.9 Å². The van der Waals surface area contributed by atoms with E-state index >= 15 is 0 Å². The number of hydrogen-bond acceptors (Lipinski definition) is 1. The van der Waals surface area contributed by atoms with Gasteiger partial charge in [-0.3, -0.25) is 4.98 Å². The average molecular weight is 190 g/mol. The van der Waals surface area contributed by atoms with Gasteiger partial charge in [0.15, 0.2) is 0 Å². The van der Waals surface area contributed by atoms with Crippen molar-refractivity contribution in [2.75, 3.05) is 0 Å². The Labute approximate surface area is 72.2 Å². The Morgan fingerprint density at radius 2 is 2.00 bits per heavy atom. The fraction of sp³-hybridized carbons (Fsp3) is 0. The third-order valence-electron chi connectivity index (χ3n) is 1.30. The molecule has 0 amide bonds. The minimum Gasteiger partial charge on any atom is -0.445 e. The molecule has 1 aromatic heterocycles. The van der Waals surface area contributed by atoms with Crippen LogP contribution in [0.1, 0.15) is 5.56 Å². The Hall–Kier alpha value is -1.33. The molecule has 0 N–H and O–H groups in total. The normalized spacial score (nSPS) is 12.3. The van der Waals surface area contributed by atoms with Crippen molar-refractivity contribution >= 4 is 13.1 Å². The first kappa shape index (κ1) is 9.76. The molecule has 0 saturated carbocycles. The van der Waals surface area contributed by atoms with Crippen molar-refractivity contribution in [2.24, 2.45) is 0 Å². The molecule has 0 radical (unpaired) electrons. The molecule has 1 heterocycles. The molecular weight excluding hydrogens is 185 g/mol. The Bertz CT molecular complexity index is 321. The van der Waals surface area contributed by atoms with E-state index < -0.39 is 12.8 Å². The molecule has 13 heavy (non-hydrogen) atoms. The Kier molecular flexibility index (Phi) is 2.70. The van der Waals surface area contributed by atoms with Crippen LogP contribution in [0.2, 0.25) is 0 Å². The molecule has 6 heteroatoms. The van der Waals surface area contributed by atoms with Gasteiger partial charge in [0.25, 0.3) is 0 Å². The van der Waals surface area contributed by atoms with Crippen molar-refractivity contribution in [2.45, 2.75) is 0 Å². The molecule has 0 aliphatic carbocycles. The fourth-order valence-corrected chi connectivity index (χ4v) is 0.734. The summed E-state index contributed by atoms with van der Waals surface area (Å²) in [5, 5.41) is 0. The number of rotatable bonds is 2. The highest BCUT2D eigenvalue weighted by molar-refractivity contribution is 6.64. The SMILES string of the molecule is Fc1cnccc1/C=C/[B-](F)(F)F. The van der Waals surface area contributed by atoms with Gasteiger partial charge in [-0.25, -0.2) is 4.39 Å². The van der Waals surface area contributed by atoms with E-state index in [-0.39, 0.29) is 11.5 Å². The maximum Gasteiger partial charge on any atom is 0.502 e. The maximum absolute atomic E-state index is 12.7. The molecule has 1 aromatic rings. The van der Waals surface area contributed by atoms with Crippen LogP contribution in [0.25, 0.3) is 6.08 Å². The van der Waals surface area contributed by atoms with Gasteiger partial charge in [0.2, 0.25) is 0 Å². The summed E-state index contributed by atoms with van der Waals surface area (Å²) in [5.74, 6) is -0.725. The van der Waals surface area contributed by atoms with Crippen LogP contribution in [-0.4, -0.2) is 12.0 Å². The van der Waals surface area contributed by atoms with Crippen LogP contribution in [-0.2, 0) is 0 Å². The van der Waals surface area contributed by atoms with Crippen molar-refractivity contribution in [1.82, 2.24) is 4.98 Å².